The summed E-state index contributed by atoms with van der Waals surface area (Å²) in [6, 6.07) is 12.3. The van der Waals surface area contributed by atoms with E-state index in [1.54, 1.807) is 6.07 Å². The Morgan fingerprint density at radius 2 is 1.95 bits per heavy atom. The van der Waals surface area contributed by atoms with Gasteiger partial charge in [-0.25, -0.2) is 0 Å². The Labute approximate surface area is 143 Å². The van der Waals surface area contributed by atoms with Gasteiger partial charge in [-0.2, -0.15) is 0 Å². The van der Waals surface area contributed by atoms with Crippen LogP contribution in [0.4, 0.5) is 0 Å². The predicted octanol–water partition coefficient (Wildman–Crippen LogP) is 5.41. The smallest absolute Gasteiger partial charge is 0.0453 e. The summed E-state index contributed by atoms with van der Waals surface area (Å²) in [4.78, 5) is 0. The van der Waals surface area contributed by atoms with Gasteiger partial charge in [-0.1, -0.05) is 47.5 Å². The van der Waals surface area contributed by atoms with Crippen LogP contribution in [0, 0.1) is 10.5 Å². The van der Waals surface area contributed by atoms with Crippen LogP contribution in [-0.4, -0.2) is 7.05 Å². The summed E-state index contributed by atoms with van der Waals surface area (Å²) in [6.45, 7) is 2.13. The maximum absolute atomic E-state index is 6.27. The van der Waals surface area contributed by atoms with Crippen molar-refractivity contribution in [3.8, 4) is 0 Å². The first kappa shape index (κ1) is 16.1. The molecule has 0 saturated heterocycles. The van der Waals surface area contributed by atoms with Crippen molar-refractivity contribution in [3.05, 3.63) is 66.7 Å². The van der Waals surface area contributed by atoms with Gasteiger partial charge >= 0.3 is 0 Å². The molecule has 0 radical (unpaired) electrons. The van der Waals surface area contributed by atoms with Crippen molar-refractivity contribution in [1.29, 1.82) is 0 Å². The summed E-state index contributed by atoms with van der Waals surface area (Å²) in [5, 5.41) is 4.77. The monoisotopic (exact) mass is 419 g/mol. The number of likely N-dealkylation sites (N-methyl/N-ethyl adjacent to an activating group) is 1. The van der Waals surface area contributed by atoms with E-state index in [1.165, 1.54) is 14.7 Å². The summed E-state index contributed by atoms with van der Waals surface area (Å²) < 4.78 is 1.30. The summed E-state index contributed by atoms with van der Waals surface area (Å²) in [6.07, 6.45) is 0.839. The minimum absolute atomic E-state index is 0.237. The highest BCUT2D eigenvalue weighted by Crippen LogP contribution is 2.29. The molecule has 0 spiro atoms. The zero-order valence-corrected chi connectivity index (χ0v) is 15.1. The van der Waals surface area contributed by atoms with Crippen LogP contribution in [-0.2, 0) is 6.42 Å². The minimum Gasteiger partial charge on any atom is -0.313 e. The van der Waals surface area contributed by atoms with E-state index in [-0.39, 0.29) is 6.04 Å². The molecule has 0 aliphatic rings. The molecule has 2 aromatic rings. The van der Waals surface area contributed by atoms with E-state index in [0.29, 0.717) is 5.02 Å². The van der Waals surface area contributed by atoms with Crippen molar-refractivity contribution < 1.29 is 0 Å². The van der Waals surface area contributed by atoms with Gasteiger partial charge in [-0.15, -0.1) is 0 Å². The molecule has 106 valence electrons. The largest absolute Gasteiger partial charge is 0.313 e. The molecule has 0 aromatic heterocycles. The zero-order chi connectivity index (χ0) is 14.7. The van der Waals surface area contributed by atoms with Crippen molar-refractivity contribution >= 4 is 45.8 Å². The maximum Gasteiger partial charge on any atom is 0.0453 e. The normalized spacial score (nSPS) is 12.4. The van der Waals surface area contributed by atoms with Crippen molar-refractivity contribution in [2.45, 2.75) is 19.4 Å². The van der Waals surface area contributed by atoms with Crippen molar-refractivity contribution in [1.82, 2.24) is 5.32 Å². The third-order valence-electron chi connectivity index (χ3n) is 3.38. The minimum atomic E-state index is 0.237. The Kier molecular flexibility index (Phi) is 5.73. The van der Waals surface area contributed by atoms with Gasteiger partial charge in [0.1, 0.15) is 0 Å². The molecule has 0 aliphatic carbocycles. The maximum atomic E-state index is 6.27. The summed E-state index contributed by atoms with van der Waals surface area (Å²) in [5.41, 5.74) is 3.71. The first-order valence-corrected chi connectivity index (χ1v) is 8.22. The Morgan fingerprint density at radius 1 is 1.20 bits per heavy atom. The Bertz CT molecular complexity index is 613. The van der Waals surface area contributed by atoms with E-state index < -0.39 is 0 Å². The van der Waals surface area contributed by atoms with Gasteiger partial charge in [-0.05, 0) is 71.8 Å². The molecule has 2 aromatic carbocycles. The Hall–Kier alpha value is -0.290. The van der Waals surface area contributed by atoms with Gasteiger partial charge in [0.2, 0.25) is 0 Å². The molecule has 20 heavy (non-hydrogen) atoms. The summed E-state index contributed by atoms with van der Waals surface area (Å²) >= 11 is 14.6. The lowest BCUT2D eigenvalue weighted by Gasteiger charge is -2.20. The molecule has 0 fully saturated rings. The Morgan fingerprint density at radius 3 is 2.60 bits per heavy atom. The van der Waals surface area contributed by atoms with Gasteiger partial charge in [-0.3, -0.25) is 0 Å². The number of halogens is 3. The molecule has 0 bridgehead atoms. The van der Waals surface area contributed by atoms with E-state index in [9.17, 15) is 0 Å². The van der Waals surface area contributed by atoms with Crippen molar-refractivity contribution in [3.63, 3.8) is 0 Å². The predicted molar refractivity (Wildman–Crippen MR) is 95.9 cm³/mol. The van der Waals surface area contributed by atoms with Crippen LogP contribution >= 0.6 is 45.8 Å². The average Bonchev–Trinajstić information content (AvgIpc) is 2.42. The third kappa shape index (κ3) is 3.67. The summed E-state index contributed by atoms with van der Waals surface area (Å²) in [7, 11) is 1.98. The molecule has 4 heteroatoms. The highest BCUT2D eigenvalue weighted by atomic mass is 127. The van der Waals surface area contributed by atoms with E-state index in [4.69, 9.17) is 23.2 Å². The third-order valence-corrected chi connectivity index (χ3v) is 5.45. The van der Waals surface area contributed by atoms with Crippen molar-refractivity contribution in [2.75, 3.05) is 7.05 Å². The van der Waals surface area contributed by atoms with E-state index in [0.717, 1.165) is 17.0 Å². The van der Waals surface area contributed by atoms with Gasteiger partial charge in [0.15, 0.2) is 0 Å². The Balaban J connectivity index is 2.31. The van der Waals surface area contributed by atoms with Crippen LogP contribution in [0.25, 0.3) is 0 Å². The number of aryl methyl sites for hydroxylation is 1. The fraction of sp³-hybridized carbons (Fsp3) is 0.250. The van der Waals surface area contributed by atoms with Gasteiger partial charge in [0, 0.05) is 19.7 Å². The SMILES string of the molecule is CNC(Cc1ccc(Cl)cc1Cl)c1cccc(C)c1I. The molecule has 1 unspecified atom stereocenters. The molecule has 2 rings (SSSR count). The van der Waals surface area contributed by atoms with Crippen LogP contribution in [0.15, 0.2) is 36.4 Å². The summed E-state index contributed by atoms with van der Waals surface area (Å²) in [5.74, 6) is 0. The highest BCUT2D eigenvalue weighted by molar-refractivity contribution is 14.1. The van der Waals surface area contributed by atoms with Gasteiger partial charge in [0.05, 0.1) is 0 Å². The average molecular weight is 420 g/mol. The van der Waals surface area contributed by atoms with E-state index in [2.05, 4.69) is 53.0 Å². The van der Waals surface area contributed by atoms with Crippen LogP contribution in [0.1, 0.15) is 22.7 Å². The number of hydrogen-bond acceptors (Lipinski definition) is 1. The first-order valence-electron chi connectivity index (χ1n) is 6.39. The van der Waals surface area contributed by atoms with Crippen LogP contribution < -0.4 is 5.32 Å². The highest BCUT2D eigenvalue weighted by Gasteiger charge is 2.15. The van der Waals surface area contributed by atoms with E-state index in [1.807, 2.05) is 19.2 Å². The molecule has 0 aliphatic heterocycles. The van der Waals surface area contributed by atoms with E-state index >= 15 is 0 Å². The van der Waals surface area contributed by atoms with Gasteiger partial charge < -0.3 is 5.32 Å². The lowest BCUT2D eigenvalue weighted by molar-refractivity contribution is 0.589. The molecule has 0 amide bonds. The topological polar surface area (TPSA) is 12.0 Å². The second-order valence-electron chi connectivity index (χ2n) is 4.76. The molecule has 0 saturated carbocycles. The zero-order valence-electron chi connectivity index (χ0n) is 11.4. The number of nitrogens with one attached hydrogen (secondary N) is 1. The number of hydrogen-bond donors (Lipinski definition) is 1. The fourth-order valence-electron chi connectivity index (χ4n) is 2.21. The van der Waals surface area contributed by atoms with Gasteiger partial charge in [0.25, 0.3) is 0 Å². The molecule has 0 heterocycles. The molecule has 1 N–H and O–H groups in total. The fourth-order valence-corrected chi connectivity index (χ4v) is 3.44. The number of benzene rings is 2. The van der Waals surface area contributed by atoms with Crippen LogP contribution in [0.2, 0.25) is 10.0 Å². The number of rotatable bonds is 4. The van der Waals surface area contributed by atoms with Crippen LogP contribution in [0.5, 0.6) is 0 Å². The quantitative estimate of drug-likeness (QED) is 0.653. The second-order valence-corrected chi connectivity index (χ2v) is 6.68. The molecular weight excluding hydrogens is 404 g/mol. The molecule has 1 nitrogen and oxygen atoms in total. The second kappa shape index (κ2) is 7.12. The molecular formula is C16H16Cl2IN. The first-order chi connectivity index (χ1) is 9.52. The lowest BCUT2D eigenvalue weighted by atomic mass is 9.97. The lowest BCUT2D eigenvalue weighted by Crippen LogP contribution is -2.20. The molecule has 1 atom stereocenters. The van der Waals surface area contributed by atoms with Crippen molar-refractivity contribution in [2.24, 2.45) is 0 Å². The standard InChI is InChI=1S/C16H16Cl2IN/c1-10-4-3-5-13(16(10)19)15(20-2)8-11-6-7-12(17)9-14(11)18/h3-7,9,15,20H,8H2,1-2H3. The van der Waals surface area contributed by atoms with Crippen LogP contribution in [0.3, 0.4) is 0 Å².